The summed E-state index contributed by atoms with van der Waals surface area (Å²) in [5.74, 6) is -0.491. The van der Waals surface area contributed by atoms with Crippen molar-refractivity contribution >= 4 is 23.1 Å². The van der Waals surface area contributed by atoms with Crippen LogP contribution in [0.5, 0.6) is 0 Å². The number of hydrogen-bond donors (Lipinski definition) is 2. The molecule has 3 aromatic heterocycles. The highest BCUT2D eigenvalue weighted by molar-refractivity contribution is 6.05. The molecule has 0 atom stereocenters. The van der Waals surface area contributed by atoms with E-state index in [4.69, 9.17) is 4.52 Å². The van der Waals surface area contributed by atoms with Gasteiger partial charge in [-0.15, -0.1) is 0 Å². The van der Waals surface area contributed by atoms with E-state index in [9.17, 15) is 14.0 Å². The molecule has 0 spiro atoms. The predicted molar refractivity (Wildman–Crippen MR) is 102 cm³/mol. The minimum Gasteiger partial charge on any atom is -0.360 e. The maximum Gasteiger partial charge on any atom is 0.293 e. The summed E-state index contributed by atoms with van der Waals surface area (Å²) in [4.78, 5) is 29.6. The van der Waals surface area contributed by atoms with Gasteiger partial charge in [0.15, 0.2) is 11.5 Å². The van der Waals surface area contributed by atoms with Crippen molar-refractivity contribution in [1.29, 1.82) is 0 Å². The minimum absolute atomic E-state index is 0.0354. The third-order valence-electron chi connectivity index (χ3n) is 4.20. The third-order valence-corrected chi connectivity index (χ3v) is 4.20. The summed E-state index contributed by atoms with van der Waals surface area (Å²) in [5, 5.41) is 9.05. The molecule has 0 unspecified atom stereocenters. The Bertz CT molecular complexity index is 1200. The highest BCUT2D eigenvalue weighted by Gasteiger charge is 2.22. The Labute approximate surface area is 164 Å². The molecule has 0 aliphatic heterocycles. The first-order valence-electron chi connectivity index (χ1n) is 8.75. The summed E-state index contributed by atoms with van der Waals surface area (Å²) in [6.45, 7) is 1.90. The Morgan fingerprint density at radius 1 is 1.14 bits per heavy atom. The van der Waals surface area contributed by atoms with Gasteiger partial charge in [-0.3, -0.25) is 14.0 Å². The molecule has 1 aromatic carbocycles. The summed E-state index contributed by atoms with van der Waals surface area (Å²) in [6.07, 6.45) is 1.64. The van der Waals surface area contributed by atoms with Crippen molar-refractivity contribution in [2.24, 2.45) is 0 Å². The van der Waals surface area contributed by atoms with Crippen LogP contribution in [0.4, 0.5) is 10.2 Å². The molecule has 4 rings (SSSR count). The first-order chi connectivity index (χ1) is 14.0. The molecule has 0 bridgehead atoms. The molecule has 0 radical (unpaired) electrons. The van der Waals surface area contributed by atoms with Crippen LogP contribution in [0.1, 0.15) is 32.4 Å². The predicted octanol–water partition coefficient (Wildman–Crippen LogP) is 2.95. The van der Waals surface area contributed by atoms with Crippen LogP contribution >= 0.6 is 0 Å². The van der Waals surface area contributed by atoms with Crippen molar-refractivity contribution in [2.75, 3.05) is 5.32 Å². The van der Waals surface area contributed by atoms with Crippen molar-refractivity contribution < 1.29 is 18.5 Å². The maximum atomic E-state index is 13.0. The standard InChI is InChI=1S/C20H16FN5O3/c1-12-10-16(25-29-12)23-20(28)18-24-17(15-4-2-3-9-26(15)18)19(27)22-11-13-5-7-14(21)8-6-13/h2-10H,11H2,1H3,(H,22,27)(H,23,25,28). The molecular formula is C20H16FN5O3. The quantitative estimate of drug-likeness (QED) is 0.543. The van der Waals surface area contributed by atoms with Crippen LogP contribution in [-0.4, -0.2) is 26.4 Å². The average Bonchev–Trinajstić information content (AvgIpc) is 3.31. The molecule has 2 N–H and O–H groups in total. The number of amides is 2. The van der Waals surface area contributed by atoms with E-state index < -0.39 is 11.8 Å². The van der Waals surface area contributed by atoms with Crippen LogP contribution in [0.3, 0.4) is 0 Å². The first kappa shape index (κ1) is 18.4. The Morgan fingerprint density at radius 3 is 2.66 bits per heavy atom. The SMILES string of the molecule is Cc1cc(NC(=O)c2nc(C(=O)NCc3ccc(F)cc3)c3ccccn23)no1. The molecule has 29 heavy (non-hydrogen) atoms. The zero-order chi connectivity index (χ0) is 20.4. The van der Waals surface area contributed by atoms with E-state index in [1.807, 2.05) is 0 Å². The number of rotatable bonds is 5. The number of halogens is 1. The second-order valence-electron chi connectivity index (χ2n) is 6.33. The fourth-order valence-electron chi connectivity index (χ4n) is 2.83. The van der Waals surface area contributed by atoms with Crippen LogP contribution in [0.2, 0.25) is 0 Å². The van der Waals surface area contributed by atoms with Crippen molar-refractivity contribution in [2.45, 2.75) is 13.5 Å². The topological polar surface area (TPSA) is 102 Å². The molecule has 146 valence electrons. The van der Waals surface area contributed by atoms with E-state index >= 15 is 0 Å². The summed E-state index contributed by atoms with van der Waals surface area (Å²) < 4.78 is 19.5. The van der Waals surface area contributed by atoms with E-state index in [0.717, 1.165) is 5.56 Å². The van der Waals surface area contributed by atoms with Gasteiger partial charge in [0.05, 0.1) is 5.52 Å². The fraction of sp³-hybridized carbons (Fsp3) is 0.100. The van der Waals surface area contributed by atoms with E-state index in [0.29, 0.717) is 11.3 Å². The van der Waals surface area contributed by atoms with Gasteiger partial charge < -0.3 is 15.2 Å². The van der Waals surface area contributed by atoms with Gasteiger partial charge in [-0.25, -0.2) is 9.37 Å². The van der Waals surface area contributed by atoms with E-state index in [2.05, 4.69) is 20.8 Å². The molecular weight excluding hydrogens is 377 g/mol. The zero-order valence-corrected chi connectivity index (χ0v) is 15.3. The lowest BCUT2D eigenvalue weighted by Crippen LogP contribution is -2.23. The molecule has 0 saturated heterocycles. The number of carbonyl (C=O) groups excluding carboxylic acids is 2. The second kappa shape index (κ2) is 7.55. The minimum atomic E-state index is -0.530. The van der Waals surface area contributed by atoms with Crippen LogP contribution < -0.4 is 10.6 Å². The Morgan fingerprint density at radius 2 is 1.93 bits per heavy atom. The first-order valence-corrected chi connectivity index (χ1v) is 8.75. The number of imidazole rings is 1. The van der Waals surface area contributed by atoms with Gasteiger partial charge in [0.2, 0.25) is 5.82 Å². The van der Waals surface area contributed by atoms with Gasteiger partial charge in [0.1, 0.15) is 11.6 Å². The lowest BCUT2D eigenvalue weighted by molar-refractivity contribution is 0.0948. The lowest BCUT2D eigenvalue weighted by atomic mass is 10.2. The molecule has 9 heteroatoms. The molecule has 8 nitrogen and oxygen atoms in total. The van der Waals surface area contributed by atoms with Crippen LogP contribution in [0.15, 0.2) is 59.3 Å². The number of nitrogens with one attached hydrogen (secondary N) is 2. The van der Waals surface area contributed by atoms with Crippen molar-refractivity contribution in [1.82, 2.24) is 19.9 Å². The number of aromatic nitrogens is 3. The monoisotopic (exact) mass is 393 g/mol. The molecule has 0 aliphatic carbocycles. The number of benzene rings is 1. The Hall–Kier alpha value is -4.01. The van der Waals surface area contributed by atoms with Crippen LogP contribution in [0.25, 0.3) is 5.52 Å². The molecule has 0 fully saturated rings. The Kier molecular flexibility index (Phi) is 4.78. The van der Waals surface area contributed by atoms with Gasteiger partial charge in [-0.1, -0.05) is 23.4 Å². The summed E-state index contributed by atoms with van der Waals surface area (Å²) in [5.41, 5.74) is 1.32. The zero-order valence-electron chi connectivity index (χ0n) is 15.3. The number of anilines is 1. The number of pyridine rings is 1. The average molecular weight is 393 g/mol. The summed E-state index contributed by atoms with van der Waals surface area (Å²) in [6, 6.07) is 12.5. The number of aryl methyl sites for hydroxylation is 1. The van der Waals surface area contributed by atoms with E-state index in [1.165, 1.54) is 16.5 Å². The fourth-order valence-corrected chi connectivity index (χ4v) is 2.83. The van der Waals surface area contributed by atoms with Crippen molar-refractivity contribution in [3.63, 3.8) is 0 Å². The maximum absolute atomic E-state index is 13.0. The van der Waals surface area contributed by atoms with Crippen LogP contribution in [0, 0.1) is 12.7 Å². The second-order valence-corrected chi connectivity index (χ2v) is 6.33. The lowest BCUT2D eigenvalue weighted by Gasteiger charge is -2.04. The van der Waals surface area contributed by atoms with E-state index in [1.54, 1.807) is 49.5 Å². The highest BCUT2D eigenvalue weighted by Crippen LogP contribution is 2.16. The van der Waals surface area contributed by atoms with Crippen LogP contribution in [-0.2, 0) is 6.54 Å². The van der Waals surface area contributed by atoms with Gasteiger partial charge in [0.25, 0.3) is 11.8 Å². The molecule has 2 amide bonds. The van der Waals surface area contributed by atoms with Gasteiger partial charge in [-0.2, -0.15) is 0 Å². The molecule has 0 saturated carbocycles. The van der Waals surface area contributed by atoms with Crippen molar-refractivity contribution in [3.8, 4) is 0 Å². The Balaban J connectivity index is 1.58. The number of carbonyl (C=O) groups is 2. The number of nitrogens with zero attached hydrogens (tertiary/aromatic N) is 3. The third kappa shape index (κ3) is 3.84. The van der Waals surface area contributed by atoms with E-state index in [-0.39, 0.29) is 29.7 Å². The summed E-state index contributed by atoms with van der Waals surface area (Å²) >= 11 is 0. The number of hydrogen-bond acceptors (Lipinski definition) is 5. The smallest absolute Gasteiger partial charge is 0.293 e. The summed E-state index contributed by atoms with van der Waals surface area (Å²) in [7, 11) is 0. The van der Waals surface area contributed by atoms with Crippen molar-refractivity contribution in [3.05, 3.63) is 83.4 Å². The molecule has 0 aliphatic rings. The largest absolute Gasteiger partial charge is 0.360 e. The van der Waals surface area contributed by atoms with Gasteiger partial charge >= 0.3 is 0 Å². The molecule has 3 heterocycles. The number of fused-ring (bicyclic) bond motifs is 1. The normalized spacial score (nSPS) is 10.8. The highest BCUT2D eigenvalue weighted by atomic mass is 19.1. The molecule has 4 aromatic rings. The van der Waals surface area contributed by atoms with Gasteiger partial charge in [-0.05, 0) is 36.8 Å². The van der Waals surface area contributed by atoms with Gasteiger partial charge in [0, 0.05) is 18.8 Å².